The van der Waals surface area contributed by atoms with Crippen molar-refractivity contribution in [3.63, 3.8) is 0 Å². The van der Waals surface area contributed by atoms with Crippen molar-refractivity contribution in [3.05, 3.63) is 47.0 Å². The fourth-order valence-corrected chi connectivity index (χ4v) is 3.08. The van der Waals surface area contributed by atoms with E-state index in [1.165, 1.54) is 17.6 Å². The topological polar surface area (TPSA) is 0 Å². The maximum Gasteiger partial charge on any atom is 0.0438 e. The van der Waals surface area contributed by atoms with E-state index >= 15 is 0 Å². The Hall–Kier alpha value is -0.750. The Bertz CT molecular complexity index is 417. The smallest absolute Gasteiger partial charge is 0.0438 e. The molecular formula is C18H27Cl. The van der Waals surface area contributed by atoms with Gasteiger partial charge in [-0.25, -0.2) is 0 Å². The zero-order valence-corrected chi connectivity index (χ0v) is 13.6. The van der Waals surface area contributed by atoms with Gasteiger partial charge in [0.15, 0.2) is 0 Å². The third-order valence-electron chi connectivity index (χ3n) is 3.67. The van der Waals surface area contributed by atoms with Crippen LogP contribution in [0.25, 0.3) is 0 Å². The highest BCUT2D eigenvalue weighted by Gasteiger charge is 2.22. The molecule has 0 bridgehead atoms. The van der Waals surface area contributed by atoms with Crippen LogP contribution in [-0.2, 0) is 6.42 Å². The highest BCUT2D eigenvalue weighted by atomic mass is 35.5. The van der Waals surface area contributed by atoms with Crippen LogP contribution in [0, 0.1) is 11.3 Å². The van der Waals surface area contributed by atoms with Crippen LogP contribution in [0.5, 0.6) is 0 Å². The van der Waals surface area contributed by atoms with E-state index < -0.39 is 0 Å². The molecule has 0 saturated carbocycles. The maximum absolute atomic E-state index is 6.26. The van der Waals surface area contributed by atoms with Gasteiger partial charge in [-0.05, 0) is 48.6 Å². The van der Waals surface area contributed by atoms with Gasteiger partial charge in [0.05, 0.1) is 0 Å². The molecule has 0 aliphatic heterocycles. The number of halogens is 1. The standard InChI is InChI=1S/C18H27Cl/c1-6-14(2)11-15(3)12-18(4,5)13-16-9-7-8-10-17(16)19/h7-10,15H,2,6,11-13H2,1,3-5H3. The van der Waals surface area contributed by atoms with Gasteiger partial charge in [0.25, 0.3) is 0 Å². The Kier molecular flexibility index (Phi) is 6.13. The highest BCUT2D eigenvalue weighted by Crippen LogP contribution is 2.34. The second-order valence-corrected chi connectivity index (χ2v) is 6.96. The summed E-state index contributed by atoms with van der Waals surface area (Å²) in [5.41, 5.74) is 2.90. The van der Waals surface area contributed by atoms with E-state index in [-0.39, 0.29) is 5.41 Å². The molecule has 0 spiro atoms. The van der Waals surface area contributed by atoms with Crippen molar-refractivity contribution in [1.29, 1.82) is 0 Å². The molecule has 0 nitrogen and oxygen atoms in total. The van der Waals surface area contributed by atoms with E-state index in [2.05, 4.69) is 46.4 Å². The second-order valence-electron chi connectivity index (χ2n) is 6.55. The van der Waals surface area contributed by atoms with Gasteiger partial charge in [-0.3, -0.25) is 0 Å². The zero-order valence-electron chi connectivity index (χ0n) is 12.8. The molecule has 1 heteroatoms. The lowest BCUT2D eigenvalue weighted by atomic mass is 9.77. The lowest BCUT2D eigenvalue weighted by Gasteiger charge is -2.29. The Labute approximate surface area is 123 Å². The third-order valence-corrected chi connectivity index (χ3v) is 4.03. The van der Waals surface area contributed by atoms with E-state index in [1.807, 2.05) is 12.1 Å². The van der Waals surface area contributed by atoms with Gasteiger partial charge in [-0.15, -0.1) is 0 Å². The largest absolute Gasteiger partial charge is 0.0999 e. The molecule has 0 amide bonds. The quantitative estimate of drug-likeness (QED) is 0.514. The van der Waals surface area contributed by atoms with Gasteiger partial charge in [0, 0.05) is 5.02 Å². The van der Waals surface area contributed by atoms with Gasteiger partial charge in [0.1, 0.15) is 0 Å². The summed E-state index contributed by atoms with van der Waals surface area (Å²) in [5, 5.41) is 0.890. The predicted molar refractivity (Wildman–Crippen MR) is 86.8 cm³/mol. The summed E-state index contributed by atoms with van der Waals surface area (Å²) in [6, 6.07) is 8.18. The molecule has 0 saturated heterocycles. The molecule has 0 N–H and O–H groups in total. The Morgan fingerprint density at radius 1 is 1.32 bits per heavy atom. The number of rotatable bonds is 7. The van der Waals surface area contributed by atoms with Crippen molar-refractivity contribution in [1.82, 2.24) is 0 Å². The lowest BCUT2D eigenvalue weighted by Crippen LogP contribution is -2.19. The number of benzene rings is 1. The predicted octanol–water partition coefficient (Wildman–Crippen LogP) is 6.29. The summed E-state index contributed by atoms with van der Waals surface area (Å²) < 4.78 is 0. The van der Waals surface area contributed by atoms with E-state index in [9.17, 15) is 0 Å². The van der Waals surface area contributed by atoms with Gasteiger partial charge in [-0.2, -0.15) is 0 Å². The normalized spacial score (nSPS) is 13.3. The molecular weight excluding hydrogens is 252 g/mol. The van der Waals surface area contributed by atoms with Crippen LogP contribution in [0.15, 0.2) is 36.4 Å². The van der Waals surface area contributed by atoms with E-state index in [1.54, 1.807) is 0 Å². The molecule has 1 aromatic rings. The van der Waals surface area contributed by atoms with Crippen molar-refractivity contribution in [2.75, 3.05) is 0 Å². The highest BCUT2D eigenvalue weighted by molar-refractivity contribution is 6.31. The Morgan fingerprint density at radius 2 is 1.95 bits per heavy atom. The summed E-state index contributed by atoms with van der Waals surface area (Å²) in [6.45, 7) is 13.3. The van der Waals surface area contributed by atoms with Gasteiger partial charge in [-0.1, -0.05) is 69.6 Å². The summed E-state index contributed by atoms with van der Waals surface area (Å²) in [5.74, 6) is 0.685. The number of hydrogen-bond acceptors (Lipinski definition) is 0. The summed E-state index contributed by atoms with van der Waals surface area (Å²) in [4.78, 5) is 0. The van der Waals surface area contributed by atoms with Crippen molar-refractivity contribution in [3.8, 4) is 0 Å². The fourth-order valence-electron chi connectivity index (χ4n) is 2.88. The SMILES string of the molecule is C=C(CC)CC(C)CC(C)(C)Cc1ccccc1Cl. The molecule has 0 aliphatic carbocycles. The molecule has 1 aromatic carbocycles. The van der Waals surface area contributed by atoms with E-state index in [0.29, 0.717) is 5.92 Å². The zero-order chi connectivity index (χ0) is 14.5. The fraction of sp³-hybridized carbons (Fsp3) is 0.556. The van der Waals surface area contributed by atoms with Crippen molar-refractivity contribution >= 4 is 11.6 Å². The van der Waals surface area contributed by atoms with Crippen LogP contribution in [0.1, 0.15) is 52.5 Å². The minimum absolute atomic E-state index is 0.276. The van der Waals surface area contributed by atoms with Crippen LogP contribution in [-0.4, -0.2) is 0 Å². The molecule has 1 atom stereocenters. The van der Waals surface area contributed by atoms with Crippen LogP contribution < -0.4 is 0 Å². The summed E-state index contributed by atoms with van der Waals surface area (Å²) in [6.07, 6.45) is 4.48. The lowest BCUT2D eigenvalue weighted by molar-refractivity contribution is 0.273. The minimum Gasteiger partial charge on any atom is -0.0999 e. The molecule has 1 unspecified atom stereocenters. The second kappa shape index (κ2) is 7.14. The molecule has 0 heterocycles. The van der Waals surface area contributed by atoms with Gasteiger partial charge < -0.3 is 0 Å². The molecule has 0 aliphatic rings. The molecule has 0 fully saturated rings. The Balaban J connectivity index is 2.61. The average Bonchev–Trinajstić information content (AvgIpc) is 2.30. The summed E-state index contributed by atoms with van der Waals surface area (Å²) >= 11 is 6.26. The summed E-state index contributed by atoms with van der Waals surface area (Å²) in [7, 11) is 0. The van der Waals surface area contributed by atoms with Crippen LogP contribution >= 0.6 is 11.6 Å². The van der Waals surface area contributed by atoms with E-state index in [0.717, 1.165) is 24.3 Å². The first-order chi connectivity index (χ1) is 8.84. The monoisotopic (exact) mass is 278 g/mol. The first kappa shape index (κ1) is 16.3. The first-order valence-corrected chi connectivity index (χ1v) is 7.62. The van der Waals surface area contributed by atoms with Crippen molar-refractivity contribution in [2.45, 2.75) is 53.4 Å². The number of hydrogen-bond donors (Lipinski definition) is 0. The molecule has 0 radical (unpaired) electrons. The van der Waals surface area contributed by atoms with Crippen LogP contribution in [0.3, 0.4) is 0 Å². The molecule has 0 aromatic heterocycles. The van der Waals surface area contributed by atoms with Gasteiger partial charge in [0.2, 0.25) is 0 Å². The molecule has 106 valence electrons. The third kappa shape index (κ3) is 5.82. The van der Waals surface area contributed by atoms with Crippen LogP contribution in [0.2, 0.25) is 5.02 Å². The minimum atomic E-state index is 0.276. The average molecular weight is 279 g/mol. The van der Waals surface area contributed by atoms with Crippen molar-refractivity contribution < 1.29 is 0 Å². The molecule has 19 heavy (non-hydrogen) atoms. The first-order valence-electron chi connectivity index (χ1n) is 7.24. The molecule has 1 rings (SSSR count). The maximum atomic E-state index is 6.26. The van der Waals surface area contributed by atoms with Crippen molar-refractivity contribution in [2.24, 2.45) is 11.3 Å². The Morgan fingerprint density at radius 3 is 2.53 bits per heavy atom. The number of allylic oxidation sites excluding steroid dienone is 1. The van der Waals surface area contributed by atoms with Crippen LogP contribution in [0.4, 0.5) is 0 Å². The van der Waals surface area contributed by atoms with Gasteiger partial charge >= 0.3 is 0 Å². The van der Waals surface area contributed by atoms with E-state index in [4.69, 9.17) is 11.6 Å².